The second-order valence-corrected chi connectivity index (χ2v) is 7.13. The Morgan fingerprint density at radius 2 is 1.94 bits per heavy atom. The van der Waals surface area contributed by atoms with Crippen LogP contribution >= 0.6 is 0 Å². The maximum absolute atomic E-state index is 12.7. The lowest BCUT2D eigenvalue weighted by Gasteiger charge is -2.20. The highest BCUT2D eigenvalue weighted by molar-refractivity contribution is 5.96. The van der Waals surface area contributed by atoms with Crippen LogP contribution in [0.25, 0.3) is 11.3 Å². The molecule has 0 saturated carbocycles. The maximum Gasteiger partial charge on any atom is 0.274 e. The Bertz CT molecular complexity index is 1030. The summed E-state index contributed by atoms with van der Waals surface area (Å²) >= 11 is 0. The van der Waals surface area contributed by atoms with Crippen molar-refractivity contribution < 1.29 is 28.0 Å². The van der Waals surface area contributed by atoms with E-state index >= 15 is 0 Å². The molecule has 2 heterocycles. The normalized spacial score (nSPS) is 11.8. The maximum atomic E-state index is 12.7. The Labute approximate surface area is 179 Å². The number of hydrogen-bond acceptors (Lipinski definition) is 7. The zero-order chi connectivity index (χ0) is 22.4. The predicted molar refractivity (Wildman–Crippen MR) is 112 cm³/mol. The first-order chi connectivity index (χ1) is 14.9. The van der Waals surface area contributed by atoms with Gasteiger partial charge in [-0.05, 0) is 36.2 Å². The topological polar surface area (TPSA) is 116 Å². The van der Waals surface area contributed by atoms with Gasteiger partial charge in [0.05, 0.1) is 32.6 Å². The van der Waals surface area contributed by atoms with Gasteiger partial charge < -0.3 is 29.0 Å². The van der Waals surface area contributed by atoms with Gasteiger partial charge in [0.2, 0.25) is 5.91 Å². The zero-order valence-corrected chi connectivity index (χ0v) is 17.8. The van der Waals surface area contributed by atoms with Crippen molar-refractivity contribution in [1.82, 2.24) is 15.8 Å². The van der Waals surface area contributed by atoms with E-state index < -0.39 is 11.9 Å². The second kappa shape index (κ2) is 9.84. The number of methoxy groups -OCH3 is 2. The Hall–Kier alpha value is -3.75. The average Bonchev–Trinajstić information content (AvgIpc) is 3.47. The average molecular weight is 427 g/mol. The summed E-state index contributed by atoms with van der Waals surface area (Å²) in [6, 6.07) is 9.43. The molecule has 1 atom stereocenters. The van der Waals surface area contributed by atoms with Crippen molar-refractivity contribution in [1.29, 1.82) is 0 Å². The van der Waals surface area contributed by atoms with Crippen molar-refractivity contribution in [2.24, 2.45) is 5.92 Å². The predicted octanol–water partition coefficient (Wildman–Crippen LogP) is 3.02. The quantitative estimate of drug-likeness (QED) is 0.539. The Morgan fingerprint density at radius 1 is 1.13 bits per heavy atom. The number of hydrogen-bond donors (Lipinski definition) is 2. The minimum atomic E-state index is -0.756. The number of aromatic nitrogens is 1. The number of ether oxygens (including phenoxy) is 2. The standard InChI is InChI=1S/C22H25N3O6/c1-13(2)20(22(27)23-12-15-6-5-9-30-15)24-21(26)17-11-19(31-25-17)16-10-14(28-3)7-8-18(16)29-4/h5-11,13,20H,12H2,1-4H3,(H,23,27)(H,24,26). The molecule has 3 aromatic rings. The third-order valence-electron chi connectivity index (χ3n) is 4.67. The fourth-order valence-corrected chi connectivity index (χ4v) is 2.96. The van der Waals surface area contributed by atoms with E-state index in [0.717, 1.165) is 0 Å². The first-order valence-electron chi connectivity index (χ1n) is 9.73. The molecule has 1 aromatic carbocycles. The van der Waals surface area contributed by atoms with Crippen molar-refractivity contribution >= 4 is 11.8 Å². The molecule has 0 aliphatic rings. The largest absolute Gasteiger partial charge is 0.497 e. The number of nitrogens with one attached hydrogen (secondary N) is 2. The number of benzene rings is 1. The van der Waals surface area contributed by atoms with Crippen LogP contribution in [0.4, 0.5) is 0 Å². The van der Waals surface area contributed by atoms with E-state index in [1.165, 1.54) is 19.4 Å². The van der Waals surface area contributed by atoms with Gasteiger partial charge in [0.15, 0.2) is 11.5 Å². The summed E-state index contributed by atoms with van der Waals surface area (Å²) in [6.07, 6.45) is 1.53. The molecule has 0 aliphatic carbocycles. The molecule has 1 unspecified atom stereocenters. The third kappa shape index (κ3) is 5.25. The summed E-state index contributed by atoms with van der Waals surface area (Å²) in [6.45, 7) is 3.91. The van der Waals surface area contributed by atoms with E-state index in [1.54, 1.807) is 37.4 Å². The van der Waals surface area contributed by atoms with Gasteiger partial charge in [-0.1, -0.05) is 19.0 Å². The minimum Gasteiger partial charge on any atom is -0.497 e. The molecule has 0 spiro atoms. The van der Waals surface area contributed by atoms with E-state index in [1.807, 2.05) is 13.8 Å². The molecule has 0 radical (unpaired) electrons. The van der Waals surface area contributed by atoms with Crippen LogP contribution < -0.4 is 20.1 Å². The summed E-state index contributed by atoms with van der Waals surface area (Å²) in [7, 11) is 3.08. The van der Waals surface area contributed by atoms with Gasteiger partial charge >= 0.3 is 0 Å². The van der Waals surface area contributed by atoms with Crippen molar-refractivity contribution in [3.05, 3.63) is 54.1 Å². The summed E-state index contributed by atoms with van der Waals surface area (Å²) in [5.41, 5.74) is 0.634. The summed E-state index contributed by atoms with van der Waals surface area (Å²) < 4.78 is 21.2. The summed E-state index contributed by atoms with van der Waals surface area (Å²) in [4.78, 5) is 25.3. The molecule has 2 amide bonds. The van der Waals surface area contributed by atoms with Crippen LogP contribution in [0.3, 0.4) is 0 Å². The smallest absolute Gasteiger partial charge is 0.274 e. The number of nitrogens with zero attached hydrogens (tertiary/aromatic N) is 1. The summed E-state index contributed by atoms with van der Waals surface area (Å²) in [5, 5.41) is 9.33. The number of carbonyl (C=O) groups is 2. The van der Waals surface area contributed by atoms with E-state index in [-0.39, 0.29) is 24.1 Å². The third-order valence-corrected chi connectivity index (χ3v) is 4.67. The van der Waals surface area contributed by atoms with E-state index in [9.17, 15) is 9.59 Å². The Morgan fingerprint density at radius 3 is 2.58 bits per heavy atom. The molecule has 164 valence electrons. The Balaban J connectivity index is 1.72. The van der Waals surface area contributed by atoms with Gasteiger partial charge in [0, 0.05) is 6.07 Å². The summed E-state index contributed by atoms with van der Waals surface area (Å²) in [5.74, 6) is 1.11. The number of rotatable bonds is 9. The molecule has 0 saturated heterocycles. The van der Waals surface area contributed by atoms with Crippen molar-refractivity contribution in [2.45, 2.75) is 26.4 Å². The van der Waals surface area contributed by atoms with Gasteiger partial charge in [0.25, 0.3) is 5.91 Å². The molecule has 0 bridgehead atoms. The van der Waals surface area contributed by atoms with Crippen LogP contribution in [0.1, 0.15) is 30.1 Å². The van der Waals surface area contributed by atoms with Gasteiger partial charge in [-0.3, -0.25) is 9.59 Å². The molecular formula is C22H25N3O6. The van der Waals surface area contributed by atoms with E-state index in [0.29, 0.717) is 28.6 Å². The molecule has 2 N–H and O–H groups in total. The molecule has 9 nitrogen and oxygen atoms in total. The van der Waals surface area contributed by atoms with Crippen LogP contribution in [-0.4, -0.2) is 37.2 Å². The second-order valence-electron chi connectivity index (χ2n) is 7.13. The zero-order valence-electron chi connectivity index (χ0n) is 17.8. The van der Waals surface area contributed by atoms with Crippen molar-refractivity contribution in [3.63, 3.8) is 0 Å². The molecule has 0 aliphatic heterocycles. The van der Waals surface area contributed by atoms with Crippen LogP contribution in [0.2, 0.25) is 0 Å². The van der Waals surface area contributed by atoms with Gasteiger partial charge in [-0.2, -0.15) is 0 Å². The van der Waals surface area contributed by atoms with Crippen molar-refractivity contribution in [2.75, 3.05) is 14.2 Å². The first-order valence-corrected chi connectivity index (χ1v) is 9.73. The van der Waals surface area contributed by atoms with Crippen LogP contribution in [0, 0.1) is 5.92 Å². The molecule has 9 heteroatoms. The van der Waals surface area contributed by atoms with Gasteiger partial charge in [-0.25, -0.2) is 0 Å². The first kappa shape index (κ1) is 21.9. The van der Waals surface area contributed by atoms with Crippen LogP contribution in [0.5, 0.6) is 11.5 Å². The monoisotopic (exact) mass is 427 g/mol. The van der Waals surface area contributed by atoms with Gasteiger partial charge in [-0.15, -0.1) is 0 Å². The molecule has 3 rings (SSSR count). The van der Waals surface area contributed by atoms with Crippen molar-refractivity contribution in [3.8, 4) is 22.8 Å². The van der Waals surface area contributed by atoms with E-state index in [4.69, 9.17) is 18.4 Å². The highest BCUT2D eigenvalue weighted by atomic mass is 16.5. The lowest BCUT2D eigenvalue weighted by Crippen LogP contribution is -2.49. The lowest BCUT2D eigenvalue weighted by molar-refractivity contribution is -0.124. The van der Waals surface area contributed by atoms with E-state index in [2.05, 4.69) is 15.8 Å². The Kier molecular flexibility index (Phi) is 6.96. The lowest BCUT2D eigenvalue weighted by atomic mass is 10.0. The number of amides is 2. The minimum absolute atomic E-state index is 0.0457. The van der Waals surface area contributed by atoms with Gasteiger partial charge in [0.1, 0.15) is 23.3 Å². The number of carbonyl (C=O) groups excluding carboxylic acids is 2. The molecule has 2 aromatic heterocycles. The number of furan rings is 1. The van der Waals surface area contributed by atoms with Crippen LogP contribution in [-0.2, 0) is 11.3 Å². The fraction of sp³-hybridized carbons (Fsp3) is 0.318. The SMILES string of the molecule is COc1ccc(OC)c(-c2cc(C(=O)NC(C(=O)NCc3ccco3)C(C)C)no2)c1. The van der Waals surface area contributed by atoms with Crippen LogP contribution in [0.15, 0.2) is 51.6 Å². The molecular weight excluding hydrogens is 402 g/mol. The molecule has 31 heavy (non-hydrogen) atoms. The highest BCUT2D eigenvalue weighted by Gasteiger charge is 2.26. The molecule has 0 fully saturated rings. The highest BCUT2D eigenvalue weighted by Crippen LogP contribution is 2.33. The fourth-order valence-electron chi connectivity index (χ4n) is 2.96.